The number of nitrogens with one attached hydrogen (secondary N) is 1. The highest BCUT2D eigenvalue weighted by Gasteiger charge is 2.29. The quantitative estimate of drug-likeness (QED) is 0.686. The Morgan fingerprint density at radius 2 is 2.28 bits per heavy atom. The Balaban J connectivity index is 2.15. The molecule has 0 bridgehead atoms. The van der Waals surface area contributed by atoms with Crippen LogP contribution in [0.15, 0.2) is 16.9 Å². The Morgan fingerprint density at radius 3 is 2.83 bits per heavy atom. The molecule has 0 aliphatic carbocycles. The van der Waals surface area contributed by atoms with E-state index in [9.17, 15) is 19.8 Å². The third-order valence-electron chi connectivity index (χ3n) is 3.27. The lowest BCUT2D eigenvalue weighted by atomic mass is 10.0. The zero-order valence-corrected chi connectivity index (χ0v) is 10.1. The van der Waals surface area contributed by atoms with Crippen LogP contribution in [0.1, 0.15) is 23.7 Å². The van der Waals surface area contributed by atoms with Gasteiger partial charge in [0.25, 0.3) is 11.5 Å². The topological polar surface area (TPSA) is 93.6 Å². The summed E-state index contributed by atoms with van der Waals surface area (Å²) in [4.78, 5) is 27.0. The lowest BCUT2D eigenvalue weighted by molar-refractivity contribution is 0.0761. The van der Waals surface area contributed by atoms with Crippen molar-refractivity contribution in [3.05, 3.63) is 28.0 Å². The number of carbonyl (C=O) groups excluding carboxylic acids is 1. The molecule has 2 rings (SSSR count). The first kappa shape index (κ1) is 12.6. The number of likely N-dealkylation sites (tertiary alicyclic amines) is 1. The van der Waals surface area contributed by atoms with Crippen molar-refractivity contribution in [3.63, 3.8) is 0 Å². The van der Waals surface area contributed by atoms with Crippen molar-refractivity contribution >= 4 is 5.91 Å². The van der Waals surface area contributed by atoms with Crippen LogP contribution in [0.2, 0.25) is 0 Å². The Labute approximate surface area is 104 Å². The van der Waals surface area contributed by atoms with Gasteiger partial charge in [0.15, 0.2) is 5.88 Å². The largest absolute Gasteiger partial charge is 0.494 e. The lowest BCUT2D eigenvalue weighted by Gasteiger charge is -2.17. The van der Waals surface area contributed by atoms with E-state index >= 15 is 0 Å². The smallest absolute Gasteiger partial charge is 0.254 e. The molecule has 0 radical (unpaired) electrons. The minimum Gasteiger partial charge on any atom is -0.494 e. The molecule has 1 aliphatic rings. The van der Waals surface area contributed by atoms with Gasteiger partial charge < -0.3 is 15.1 Å². The van der Waals surface area contributed by atoms with E-state index in [0.717, 1.165) is 12.5 Å². The van der Waals surface area contributed by atoms with Gasteiger partial charge in [-0.15, -0.1) is 0 Å². The first-order valence-electron chi connectivity index (χ1n) is 5.88. The van der Waals surface area contributed by atoms with Crippen LogP contribution in [0.25, 0.3) is 0 Å². The number of aromatic amines is 1. The summed E-state index contributed by atoms with van der Waals surface area (Å²) in [5.74, 6) is -0.541. The van der Waals surface area contributed by atoms with E-state index in [2.05, 4.69) is 4.98 Å². The maximum Gasteiger partial charge on any atom is 0.254 e. The standard InChI is InChI=1S/C12H16N2O4/c1-7(15)8-2-3-14(6-8)12(18)9-4-10(16)13-11(17)5-9/h4-5,7-8,15H,2-3,6H2,1H3,(H2,13,16,17). The van der Waals surface area contributed by atoms with E-state index in [0.29, 0.717) is 13.1 Å². The van der Waals surface area contributed by atoms with Gasteiger partial charge in [0.1, 0.15) is 0 Å². The van der Waals surface area contributed by atoms with Gasteiger partial charge in [-0.1, -0.05) is 0 Å². The van der Waals surface area contributed by atoms with Crippen LogP contribution in [0.5, 0.6) is 5.88 Å². The fourth-order valence-electron chi connectivity index (χ4n) is 2.20. The number of aliphatic hydroxyl groups is 1. The average Bonchev–Trinajstić information content (AvgIpc) is 2.75. The summed E-state index contributed by atoms with van der Waals surface area (Å²) in [7, 11) is 0. The minimum absolute atomic E-state index is 0.0737. The molecular weight excluding hydrogens is 236 g/mol. The van der Waals surface area contributed by atoms with Gasteiger partial charge in [-0.25, -0.2) is 0 Å². The number of carbonyl (C=O) groups is 1. The van der Waals surface area contributed by atoms with Gasteiger partial charge in [-0.05, 0) is 13.3 Å². The Hall–Kier alpha value is -1.82. The summed E-state index contributed by atoms with van der Waals surface area (Å²) in [5.41, 5.74) is -0.341. The van der Waals surface area contributed by atoms with E-state index < -0.39 is 11.7 Å². The molecule has 0 aromatic carbocycles. The number of aromatic hydroxyl groups is 1. The maximum atomic E-state index is 12.1. The molecule has 2 unspecified atom stereocenters. The van der Waals surface area contributed by atoms with Crippen molar-refractivity contribution in [3.8, 4) is 5.88 Å². The van der Waals surface area contributed by atoms with E-state index in [-0.39, 0.29) is 23.3 Å². The second-order valence-corrected chi connectivity index (χ2v) is 4.66. The number of H-pyrrole nitrogens is 1. The first-order chi connectivity index (χ1) is 8.47. The molecule has 1 amide bonds. The number of aliphatic hydroxyl groups excluding tert-OH is 1. The van der Waals surface area contributed by atoms with Crippen molar-refractivity contribution in [1.82, 2.24) is 9.88 Å². The van der Waals surface area contributed by atoms with E-state index in [4.69, 9.17) is 0 Å². The molecule has 0 saturated carbocycles. The summed E-state index contributed by atoms with van der Waals surface area (Å²) in [6.07, 6.45) is 0.300. The van der Waals surface area contributed by atoms with Crippen molar-refractivity contribution < 1.29 is 15.0 Å². The molecule has 98 valence electrons. The monoisotopic (exact) mass is 252 g/mol. The SMILES string of the molecule is CC(O)C1CCN(C(=O)c2cc(O)[nH]c(=O)c2)C1. The zero-order chi connectivity index (χ0) is 13.3. The van der Waals surface area contributed by atoms with E-state index in [1.165, 1.54) is 6.07 Å². The van der Waals surface area contributed by atoms with Gasteiger partial charge in [-0.2, -0.15) is 0 Å². The number of hydrogen-bond acceptors (Lipinski definition) is 4. The molecule has 0 spiro atoms. The normalized spacial score (nSPS) is 21.0. The molecule has 1 saturated heterocycles. The average molecular weight is 252 g/mol. The minimum atomic E-state index is -0.510. The molecule has 2 atom stereocenters. The molecule has 2 heterocycles. The number of rotatable bonds is 2. The fraction of sp³-hybridized carbons (Fsp3) is 0.500. The molecular formula is C12H16N2O4. The zero-order valence-electron chi connectivity index (χ0n) is 10.1. The predicted octanol–water partition coefficient (Wildman–Crippen LogP) is -0.0766. The Bertz CT molecular complexity index is 509. The fourth-order valence-corrected chi connectivity index (χ4v) is 2.20. The summed E-state index contributed by atoms with van der Waals surface area (Å²) in [5, 5.41) is 18.7. The number of hydrogen-bond donors (Lipinski definition) is 3. The van der Waals surface area contributed by atoms with E-state index in [1.807, 2.05) is 0 Å². The highest BCUT2D eigenvalue weighted by Crippen LogP contribution is 2.21. The summed E-state index contributed by atoms with van der Waals surface area (Å²) in [6.45, 7) is 2.74. The Kier molecular flexibility index (Phi) is 3.38. The van der Waals surface area contributed by atoms with Crippen LogP contribution >= 0.6 is 0 Å². The van der Waals surface area contributed by atoms with Gasteiger partial charge in [-0.3, -0.25) is 14.6 Å². The molecule has 1 aliphatic heterocycles. The van der Waals surface area contributed by atoms with Crippen LogP contribution in [0, 0.1) is 5.92 Å². The van der Waals surface area contributed by atoms with Crippen molar-refractivity contribution in [2.45, 2.75) is 19.4 Å². The van der Waals surface area contributed by atoms with Crippen LogP contribution in [0.3, 0.4) is 0 Å². The van der Waals surface area contributed by atoms with Gasteiger partial charge in [0.2, 0.25) is 0 Å². The summed E-state index contributed by atoms with van der Waals surface area (Å²) >= 11 is 0. The third-order valence-corrected chi connectivity index (χ3v) is 3.27. The van der Waals surface area contributed by atoms with Crippen molar-refractivity contribution in [2.24, 2.45) is 5.92 Å². The van der Waals surface area contributed by atoms with Crippen LogP contribution in [0.4, 0.5) is 0 Å². The molecule has 1 fully saturated rings. The van der Waals surface area contributed by atoms with Gasteiger partial charge in [0, 0.05) is 31.1 Å². The summed E-state index contributed by atoms with van der Waals surface area (Å²) in [6, 6.07) is 2.40. The molecule has 1 aromatic heterocycles. The lowest BCUT2D eigenvalue weighted by Crippen LogP contribution is -2.31. The van der Waals surface area contributed by atoms with Crippen molar-refractivity contribution in [2.75, 3.05) is 13.1 Å². The second-order valence-electron chi connectivity index (χ2n) is 4.66. The second kappa shape index (κ2) is 4.81. The third kappa shape index (κ3) is 2.53. The number of amides is 1. The molecule has 18 heavy (non-hydrogen) atoms. The molecule has 3 N–H and O–H groups in total. The van der Waals surface area contributed by atoms with Gasteiger partial charge >= 0.3 is 0 Å². The number of pyridine rings is 1. The van der Waals surface area contributed by atoms with E-state index in [1.54, 1.807) is 11.8 Å². The predicted molar refractivity (Wildman–Crippen MR) is 64.4 cm³/mol. The van der Waals surface area contributed by atoms with Crippen molar-refractivity contribution in [1.29, 1.82) is 0 Å². The van der Waals surface area contributed by atoms with Gasteiger partial charge in [0.05, 0.1) is 11.7 Å². The molecule has 6 heteroatoms. The highest BCUT2D eigenvalue weighted by molar-refractivity contribution is 5.94. The summed E-state index contributed by atoms with van der Waals surface area (Å²) < 4.78 is 0. The maximum absolute atomic E-state index is 12.1. The molecule has 1 aromatic rings. The van der Waals surface area contributed by atoms with Crippen LogP contribution in [-0.4, -0.2) is 45.2 Å². The number of nitrogens with zero attached hydrogens (tertiary/aromatic N) is 1. The van der Waals surface area contributed by atoms with Crippen LogP contribution < -0.4 is 5.56 Å². The first-order valence-corrected chi connectivity index (χ1v) is 5.88. The molecule has 6 nitrogen and oxygen atoms in total. The highest BCUT2D eigenvalue weighted by atomic mass is 16.3. The Morgan fingerprint density at radius 1 is 1.56 bits per heavy atom. The number of aromatic nitrogens is 1. The van der Waals surface area contributed by atoms with Crippen LogP contribution in [-0.2, 0) is 0 Å².